The molecule has 18 heavy (non-hydrogen) atoms. The molecule has 2 rings (SSSR count). The van der Waals surface area contributed by atoms with Gasteiger partial charge in [0, 0.05) is 12.6 Å². The fraction of sp³-hybridized carbons (Fsp3) is 0.917. The molecule has 2 fully saturated rings. The van der Waals surface area contributed by atoms with Crippen molar-refractivity contribution in [3.05, 3.63) is 0 Å². The predicted molar refractivity (Wildman–Crippen MR) is 73.3 cm³/mol. The molecule has 1 heterocycles. The smallest absolute Gasteiger partial charge is 0.191 e. The van der Waals surface area contributed by atoms with E-state index in [-0.39, 0.29) is 17.5 Å². The Hall–Kier alpha value is -0.780. The third-order valence-corrected chi connectivity index (χ3v) is 5.65. The Balaban J connectivity index is 2.00. The number of nitrogens with two attached hydrogens (primary N) is 1. The van der Waals surface area contributed by atoms with E-state index in [0.29, 0.717) is 18.5 Å². The number of nitrogens with zero attached hydrogens (tertiary/aromatic N) is 2. The molecule has 0 radical (unpaired) electrons. The van der Waals surface area contributed by atoms with Crippen molar-refractivity contribution in [1.82, 2.24) is 4.90 Å². The minimum Gasteiger partial charge on any atom is -0.370 e. The first-order valence-corrected chi connectivity index (χ1v) is 8.60. The highest BCUT2D eigenvalue weighted by molar-refractivity contribution is 7.91. The number of rotatable bonds is 1. The van der Waals surface area contributed by atoms with E-state index in [1.807, 2.05) is 11.8 Å². The second-order valence-corrected chi connectivity index (χ2v) is 7.66. The zero-order valence-corrected chi connectivity index (χ0v) is 11.8. The average Bonchev–Trinajstić information content (AvgIpc) is 2.28. The fourth-order valence-corrected chi connectivity index (χ4v) is 4.37. The number of aliphatic imine (C=N–C) groups is 1. The highest BCUT2D eigenvalue weighted by atomic mass is 32.2. The maximum absolute atomic E-state index is 11.5. The van der Waals surface area contributed by atoms with E-state index in [1.165, 1.54) is 19.3 Å². The summed E-state index contributed by atoms with van der Waals surface area (Å²) < 4.78 is 23.0. The summed E-state index contributed by atoms with van der Waals surface area (Å²) in [5.74, 6) is 0.913. The third-order valence-electron chi connectivity index (χ3n) is 3.85. The van der Waals surface area contributed by atoms with E-state index in [0.717, 1.165) is 12.8 Å². The van der Waals surface area contributed by atoms with Crippen LogP contribution in [0.3, 0.4) is 0 Å². The molecular weight excluding hydrogens is 250 g/mol. The Morgan fingerprint density at radius 3 is 2.56 bits per heavy atom. The molecule has 0 aromatic rings. The van der Waals surface area contributed by atoms with Crippen LogP contribution in [0.2, 0.25) is 0 Å². The number of hydrogen-bond donors (Lipinski definition) is 1. The van der Waals surface area contributed by atoms with Crippen LogP contribution in [-0.2, 0) is 9.84 Å². The first kappa shape index (κ1) is 13.6. The Bertz CT molecular complexity index is 413. The largest absolute Gasteiger partial charge is 0.370 e. The molecule has 0 bridgehead atoms. The Morgan fingerprint density at radius 2 is 1.94 bits per heavy atom. The molecule has 6 heteroatoms. The monoisotopic (exact) mass is 273 g/mol. The highest BCUT2D eigenvalue weighted by Crippen LogP contribution is 2.21. The zero-order valence-electron chi connectivity index (χ0n) is 11.0. The van der Waals surface area contributed by atoms with Gasteiger partial charge in [-0.3, -0.25) is 0 Å². The molecule has 104 valence electrons. The molecule has 1 aliphatic carbocycles. The molecule has 1 saturated carbocycles. The topological polar surface area (TPSA) is 75.8 Å². The van der Waals surface area contributed by atoms with Gasteiger partial charge < -0.3 is 10.6 Å². The van der Waals surface area contributed by atoms with Crippen molar-refractivity contribution < 1.29 is 8.42 Å². The van der Waals surface area contributed by atoms with Crippen LogP contribution < -0.4 is 5.73 Å². The van der Waals surface area contributed by atoms with Crippen LogP contribution in [0, 0.1) is 0 Å². The summed E-state index contributed by atoms with van der Waals surface area (Å²) in [6.45, 7) is 2.38. The molecule has 1 aliphatic heterocycles. The maximum Gasteiger partial charge on any atom is 0.191 e. The van der Waals surface area contributed by atoms with E-state index in [1.54, 1.807) is 0 Å². The minimum atomic E-state index is -2.88. The summed E-state index contributed by atoms with van der Waals surface area (Å²) in [6, 6.07) is 0.278. The van der Waals surface area contributed by atoms with Gasteiger partial charge in [-0.25, -0.2) is 13.4 Å². The Kier molecular flexibility index (Phi) is 4.14. The van der Waals surface area contributed by atoms with Crippen LogP contribution >= 0.6 is 0 Å². The first-order chi connectivity index (χ1) is 8.48. The average molecular weight is 273 g/mol. The third kappa shape index (κ3) is 3.37. The molecule has 1 unspecified atom stereocenters. The van der Waals surface area contributed by atoms with Crippen molar-refractivity contribution in [3.63, 3.8) is 0 Å². The van der Waals surface area contributed by atoms with E-state index < -0.39 is 9.84 Å². The van der Waals surface area contributed by atoms with Crippen molar-refractivity contribution in [2.75, 3.05) is 18.1 Å². The Morgan fingerprint density at radius 1 is 1.28 bits per heavy atom. The van der Waals surface area contributed by atoms with Gasteiger partial charge in [0.15, 0.2) is 15.8 Å². The van der Waals surface area contributed by atoms with Crippen LogP contribution in [0.5, 0.6) is 0 Å². The molecule has 0 aromatic carbocycles. The fourth-order valence-electron chi connectivity index (χ4n) is 2.81. The van der Waals surface area contributed by atoms with Gasteiger partial charge in [0.05, 0.1) is 17.5 Å². The van der Waals surface area contributed by atoms with Crippen molar-refractivity contribution >= 4 is 15.8 Å². The molecule has 2 aliphatic rings. The van der Waals surface area contributed by atoms with Crippen molar-refractivity contribution in [1.29, 1.82) is 0 Å². The SMILES string of the molecule is CC1CS(=O)(=O)CCN1C(N)=NC1CCCCC1. The first-order valence-electron chi connectivity index (χ1n) is 6.78. The van der Waals surface area contributed by atoms with Crippen molar-refractivity contribution in [2.24, 2.45) is 10.7 Å². The molecule has 1 saturated heterocycles. The van der Waals surface area contributed by atoms with Gasteiger partial charge in [-0.2, -0.15) is 0 Å². The van der Waals surface area contributed by atoms with Gasteiger partial charge >= 0.3 is 0 Å². The standard InChI is InChI=1S/C12H23N3O2S/c1-10-9-18(16,17)8-7-15(10)12(13)14-11-5-3-2-4-6-11/h10-11H,2-9H2,1H3,(H2,13,14). The second kappa shape index (κ2) is 5.47. The lowest BCUT2D eigenvalue weighted by atomic mass is 9.96. The maximum atomic E-state index is 11.5. The summed E-state index contributed by atoms with van der Waals surface area (Å²) in [4.78, 5) is 6.52. The summed E-state index contributed by atoms with van der Waals surface area (Å²) >= 11 is 0. The quantitative estimate of drug-likeness (QED) is 0.565. The molecular formula is C12H23N3O2S. The lowest BCUT2D eigenvalue weighted by Gasteiger charge is -2.34. The van der Waals surface area contributed by atoms with E-state index in [9.17, 15) is 8.42 Å². The zero-order chi connectivity index (χ0) is 13.2. The van der Waals surface area contributed by atoms with E-state index in [2.05, 4.69) is 4.99 Å². The lowest BCUT2D eigenvalue weighted by molar-refractivity contribution is 0.342. The summed E-state index contributed by atoms with van der Waals surface area (Å²) in [6.07, 6.45) is 5.98. The molecule has 2 N–H and O–H groups in total. The van der Waals surface area contributed by atoms with E-state index >= 15 is 0 Å². The highest BCUT2D eigenvalue weighted by Gasteiger charge is 2.29. The van der Waals surface area contributed by atoms with E-state index in [4.69, 9.17) is 5.73 Å². The summed E-state index contributed by atoms with van der Waals surface area (Å²) in [7, 11) is -2.88. The van der Waals surface area contributed by atoms with Gasteiger partial charge in [-0.1, -0.05) is 19.3 Å². The predicted octanol–water partition coefficient (Wildman–Crippen LogP) is 0.753. The van der Waals surface area contributed by atoms with Crippen LogP contribution in [-0.4, -0.2) is 49.4 Å². The lowest BCUT2D eigenvalue weighted by Crippen LogP contribution is -2.52. The van der Waals surface area contributed by atoms with Crippen LogP contribution in [0.1, 0.15) is 39.0 Å². The van der Waals surface area contributed by atoms with Gasteiger partial charge in [-0.15, -0.1) is 0 Å². The van der Waals surface area contributed by atoms with Gasteiger partial charge in [-0.05, 0) is 19.8 Å². The van der Waals surface area contributed by atoms with Crippen LogP contribution in [0.4, 0.5) is 0 Å². The number of sulfone groups is 1. The van der Waals surface area contributed by atoms with Gasteiger partial charge in [0.25, 0.3) is 0 Å². The summed E-state index contributed by atoms with van der Waals surface area (Å²) in [5, 5.41) is 0. The second-order valence-electron chi connectivity index (χ2n) is 5.44. The molecule has 5 nitrogen and oxygen atoms in total. The molecule has 0 aromatic heterocycles. The van der Waals surface area contributed by atoms with Crippen molar-refractivity contribution in [3.8, 4) is 0 Å². The normalized spacial score (nSPS) is 30.4. The minimum absolute atomic E-state index is 0.0592. The Labute approximate surface area is 109 Å². The van der Waals surface area contributed by atoms with Gasteiger partial charge in [0.1, 0.15) is 0 Å². The molecule has 0 spiro atoms. The molecule has 1 atom stereocenters. The summed E-state index contributed by atoms with van der Waals surface area (Å²) in [5.41, 5.74) is 6.04. The molecule has 0 amide bonds. The van der Waals surface area contributed by atoms with Crippen LogP contribution in [0.25, 0.3) is 0 Å². The van der Waals surface area contributed by atoms with Gasteiger partial charge in [0.2, 0.25) is 0 Å². The number of guanidine groups is 1. The van der Waals surface area contributed by atoms with Crippen molar-refractivity contribution in [2.45, 2.75) is 51.1 Å². The number of hydrogen-bond acceptors (Lipinski definition) is 3. The van der Waals surface area contributed by atoms with Crippen LogP contribution in [0.15, 0.2) is 4.99 Å².